The van der Waals surface area contributed by atoms with Crippen molar-refractivity contribution in [3.63, 3.8) is 0 Å². The summed E-state index contributed by atoms with van der Waals surface area (Å²) in [6.45, 7) is 3.44. The number of amides is 1. The zero-order valence-electron chi connectivity index (χ0n) is 15.3. The van der Waals surface area contributed by atoms with Crippen LogP contribution in [0.2, 0.25) is 5.15 Å². The zero-order valence-corrected chi connectivity index (χ0v) is 16.8. The van der Waals surface area contributed by atoms with Crippen LogP contribution in [0.1, 0.15) is 17.4 Å². The summed E-state index contributed by atoms with van der Waals surface area (Å²) in [6, 6.07) is 11.6. The fourth-order valence-corrected chi connectivity index (χ4v) is 3.71. The normalized spacial score (nSPS) is 10.9. The third-order valence-electron chi connectivity index (χ3n) is 4.03. The van der Waals surface area contributed by atoms with Gasteiger partial charge in [-0.15, -0.1) is 11.3 Å². The van der Waals surface area contributed by atoms with E-state index in [0.717, 1.165) is 27.1 Å². The van der Waals surface area contributed by atoms with E-state index in [0.29, 0.717) is 24.8 Å². The molecule has 0 saturated carbocycles. The Bertz CT molecular complexity index is 915. The smallest absolute Gasteiger partial charge is 0.249 e. The van der Waals surface area contributed by atoms with Gasteiger partial charge < -0.3 is 14.4 Å². The quantitative estimate of drug-likeness (QED) is 0.518. The summed E-state index contributed by atoms with van der Waals surface area (Å²) >= 11 is 8.01. The first-order chi connectivity index (χ1) is 13.1. The number of halogens is 1. The number of hydrogen-bond donors (Lipinski definition) is 0. The predicted octanol–water partition coefficient (Wildman–Crippen LogP) is 4.52. The Morgan fingerprint density at radius 3 is 2.81 bits per heavy atom. The molecular weight excluding hydrogens is 384 g/mol. The number of rotatable bonds is 8. The number of carbonyl (C=O) groups excluding carboxylic acids is 1. The lowest BCUT2D eigenvalue weighted by Gasteiger charge is -2.22. The largest absolute Gasteiger partial charge is 0.494 e. The van der Waals surface area contributed by atoms with Crippen molar-refractivity contribution in [3.05, 3.63) is 57.4 Å². The molecule has 142 valence electrons. The van der Waals surface area contributed by atoms with Gasteiger partial charge in [0.2, 0.25) is 5.91 Å². The van der Waals surface area contributed by atoms with E-state index < -0.39 is 0 Å². The highest BCUT2D eigenvalue weighted by Crippen LogP contribution is 2.26. The van der Waals surface area contributed by atoms with Crippen molar-refractivity contribution in [1.29, 1.82) is 0 Å². The molecule has 3 rings (SSSR count). The number of carbonyl (C=O) groups is 1. The number of methoxy groups -OCH3 is 1. The van der Waals surface area contributed by atoms with Gasteiger partial charge in [-0.2, -0.15) is 0 Å². The fraction of sp³-hybridized carbons (Fsp3) is 0.300. The average molecular weight is 405 g/mol. The first-order valence-corrected chi connectivity index (χ1v) is 9.87. The van der Waals surface area contributed by atoms with Crippen LogP contribution >= 0.6 is 22.9 Å². The Morgan fingerprint density at radius 2 is 2.11 bits per heavy atom. The third-order valence-corrected chi connectivity index (χ3v) is 5.22. The number of thiophene rings is 1. The summed E-state index contributed by atoms with van der Waals surface area (Å²) in [5.41, 5.74) is 1.58. The standard InChI is InChI=1S/C20H21ClN2O3S/c1-3-26-16-6-7-18-14(10-16)9-15(20(21)22-18)11-23(19(24)13-25-2)12-17-5-4-8-27-17/h4-10H,3,11-13H2,1-2H3. The summed E-state index contributed by atoms with van der Waals surface area (Å²) in [5.74, 6) is 0.691. The van der Waals surface area contributed by atoms with E-state index in [9.17, 15) is 4.79 Å². The van der Waals surface area contributed by atoms with Crippen molar-refractivity contribution >= 4 is 39.7 Å². The molecule has 0 atom stereocenters. The highest BCUT2D eigenvalue weighted by Gasteiger charge is 2.17. The van der Waals surface area contributed by atoms with E-state index >= 15 is 0 Å². The number of nitrogens with zero attached hydrogens (tertiary/aromatic N) is 2. The van der Waals surface area contributed by atoms with Crippen LogP contribution in [0.25, 0.3) is 10.9 Å². The van der Waals surface area contributed by atoms with Crippen molar-refractivity contribution in [1.82, 2.24) is 9.88 Å². The molecular formula is C20H21ClN2O3S. The maximum absolute atomic E-state index is 12.5. The number of fused-ring (bicyclic) bond motifs is 1. The van der Waals surface area contributed by atoms with E-state index in [1.807, 2.05) is 48.7 Å². The Labute approximate surface area is 167 Å². The second-order valence-corrected chi connectivity index (χ2v) is 7.38. The highest BCUT2D eigenvalue weighted by atomic mass is 35.5. The first-order valence-electron chi connectivity index (χ1n) is 8.61. The van der Waals surface area contributed by atoms with Crippen LogP contribution in [0.4, 0.5) is 0 Å². The maximum atomic E-state index is 12.5. The molecule has 0 N–H and O–H groups in total. The molecule has 0 spiro atoms. The van der Waals surface area contributed by atoms with E-state index in [1.165, 1.54) is 7.11 Å². The lowest BCUT2D eigenvalue weighted by molar-refractivity contribution is -0.136. The molecule has 2 heterocycles. The fourth-order valence-electron chi connectivity index (χ4n) is 2.79. The van der Waals surface area contributed by atoms with Gasteiger partial charge in [-0.25, -0.2) is 4.98 Å². The van der Waals surface area contributed by atoms with E-state index in [1.54, 1.807) is 16.2 Å². The van der Waals surface area contributed by atoms with Gasteiger partial charge >= 0.3 is 0 Å². The molecule has 0 aliphatic rings. The van der Waals surface area contributed by atoms with Gasteiger partial charge in [0.1, 0.15) is 17.5 Å². The Morgan fingerprint density at radius 1 is 1.26 bits per heavy atom. The summed E-state index contributed by atoms with van der Waals surface area (Å²) in [4.78, 5) is 19.8. The van der Waals surface area contributed by atoms with E-state index in [4.69, 9.17) is 21.1 Å². The molecule has 0 radical (unpaired) electrons. The molecule has 3 aromatic rings. The minimum absolute atomic E-state index is 0.0263. The first kappa shape index (κ1) is 19.6. The molecule has 5 nitrogen and oxygen atoms in total. The van der Waals surface area contributed by atoms with Crippen LogP contribution in [0.15, 0.2) is 41.8 Å². The molecule has 1 amide bonds. The van der Waals surface area contributed by atoms with Crippen LogP contribution in [0.3, 0.4) is 0 Å². The van der Waals surface area contributed by atoms with E-state index in [-0.39, 0.29) is 12.5 Å². The molecule has 27 heavy (non-hydrogen) atoms. The summed E-state index contributed by atoms with van der Waals surface area (Å²) in [5, 5.41) is 3.32. The van der Waals surface area contributed by atoms with Crippen molar-refractivity contribution in [2.24, 2.45) is 0 Å². The second kappa shape index (κ2) is 9.17. The number of hydrogen-bond acceptors (Lipinski definition) is 5. The second-order valence-electron chi connectivity index (χ2n) is 5.99. The summed E-state index contributed by atoms with van der Waals surface area (Å²) in [7, 11) is 1.51. The Balaban J connectivity index is 1.90. The molecule has 0 saturated heterocycles. The average Bonchev–Trinajstić information content (AvgIpc) is 3.15. The topological polar surface area (TPSA) is 51.7 Å². The van der Waals surface area contributed by atoms with Crippen LogP contribution in [-0.2, 0) is 22.6 Å². The molecule has 0 aliphatic heterocycles. The van der Waals surface area contributed by atoms with Crippen molar-refractivity contribution in [2.75, 3.05) is 20.3 Å². The van der Waals surface area contributed by atoms with Crippen molar-refractivity contribution in [3.8, 4) is 5.75 Å². The van der Waals surface area contributed by atoms with Gasteiger partial charge in [-0.3, -0.25) is 4.79 Å². The minimum Gasteiger partial charge on any atom is -0.494 e. The van der Waals surface area contributed by atoms with Crippen LogP contribution in [-0.4, -0.2) is 36.1 Å². The lowest BCUT2D eigenvalue weighted by atomic mass is 10.1. The number of pyridine rings is 1. The Kier molecular flexibility index (Phi) is 6.66. The van der Waals surface area contributed by atoms with Gasteiger partial charge in [0, 0.05) is 29.5 Å². The van der Waals surface area contributed by atoms with E-state index in [2.05, 4.69) is 4.98 Å². The monoisotopic (exact) mass is 404 g/mol. The SMILES string of the molecule is CCOc1ccc2nc(Cl)c(CN(Cc3cccs3)C(=O)COC)cc2c1. The predicted molar refractivity (Wildman–Crippen MR) is 108 cm³/mol. The number of benzene rings is 1. The van der Waals surface area contributed by atoms with Gasteiger partial charge in [0.25, 0.3) is 0 Å². The van der Waals surface area contributed by atoms with Crippen molar-refractivity contribution < 1.29 is 14.3 Å². The highest BCUT2D eigenvalue weighted by molar-refractivity contribution is 7.09. The molecule has 7 heteroatoms. The molecule has 0 fully saturated rings. The van der Waals surface area contributed by atoms with Gasteiger partial charge in [0.05, 0.1) is 18.7 Å². The lowest BCUT2D eigenvalue weighted by Crippen LogP contribution is -2.32. The Hall–Kier alpha value is -2.15. The maximum Gasteiger partial charge on any atom is 0.249 e. The molecule has 0 bridgehead atoms. The summed E-state index contributed by atoms with van der Waals surface area (Å²) < 4.78 is 10.6. The van der Waals surface area contributed by atoms with Gasteiger partial charge in [0.15, 0.2) is 0 Å². The molecule has 2 aromatic heterocycles. The van der Waals surface area contributed by atoms with Crippen LogP contribution in [0, 0.1) is 0 Å². The molecule has 0 unspecified atom stereocenters. The third kappa shape index (κ3) is 4.97. The number of aromatic nitrogens is 1. The zero-order chi connectivity index (χ0) is 19.2. The number of ether oxygens (including phenoxy) is 2. The summed E-state index contributed by atoms with van der Waals surface area (Å²) in [6.07, 6.45) is 0. The molecule has 0 aliphatic carbocycles. The van der Waals surface area contributed by atoms with Gasteiger partial charge in [-0.05, 0) is 42.6 Å². The minimum atomic E-state index is -0.0925. The van der Waals surface area contributed by atoms with Crippen LogP contribution < -0.4 is 4.74 Å². The van der Waals surface area contributed by atoms with Crippen LogP contribution in [0.5, 0.6) is 5.75 Å². The molecule has 1 aromatic carbocycles. The van der Waals surface area contributed by atoms with Crippen molar-refractivity contribution in [2.45, 2.75) is 20.0 Å². The van der Waals surface area contributed by atoms with Gasteiger partial charge in [-0.1, -0.05) is 17.7 Å².